The summed E-state index contributed by atoms with van der Waals surface area (Å²) in [7, 11) is 2.03. The molecule has 0 bridgehead atoms. The number of pyridine rings is 1. The maximum absolute atomic E-state index is 4.52. The fraction of sp³-hybridized carbons (Fsp3) is 0.500. The number of rotatable bonds is 2. The minimum atomic E-state index is 0.834. The summed E-state index contributed by atoms with van der Waals surface area (Å²) in [6, 6.07) is 4.16. The molecule has 4 nitrogen and oxygen atoms in total. The maximum Gasteiger partial charge on any atom is 0.178 e. The van der Waals surface area contributed by atoms with E-state index in [1.807, 2.05) is 13.2 Å². The van der Waals surface area contributed by atoms with Gasteiger partial charge in [-0.05, 0) is 24.8 Å². The van der Waals surface area contributed by atoms with Crippen LogP contribution in [0.3, 0.4) is 0 Å². The molecular formula is C14H19N4S+. The third kappa shape index (κ3) is 2.61. The molecule has 3 rings (SSSR count). The van der Waals surface area contributed by atoms with Crippen LogP contribution in [0.25, 0.3) is 11.3 Å². The molecule has 100 valence electrons. The Morgan fingerprint density at radius 2 is 2.11 bits per heavy atom. The van der Waals surface area contributed by atoms with E-state index in [1.165, 1.54) is 24.6 Å². The van der Waals surface area contributed by atoms with Crippen molar-refractivity contribution in [2.45, 2.75) is 19.8 Å². The molecule has 2 aromatic heterocycles. The van der Waals surface area contributed by atoms with Crippen LogP contribution in [0.15, 0.2) is 24.5 Å². The number of aryl methyl sites for hydroxylation is 1. The van der Waals surface area contributed by atoms with Crippen molar-refractivity contribution in [2.24, 2.45) is 13.0 Å². The van der Waals surface area contributed by atoms with Gasteiger partial charge in [0.1, 0.15) is 12.7 Å². The second-order valence-electron chi connectivity index (χ2n) is 5.36. The fourth-order valence-electron chi connectivity index (χ4n) is 2.52. The third-order valence-electron chi connectivity index (χ3n) is 3.77. The zero-order chi connectivity index (χ0) is 13.2. The first-order valence-corrected chi connectivity index (χ1v) is 7.50. The molecule has 1 aliphatic rings. The van der Waals surface area contributed by atoms with Crippen LogP contribution in [0, 0.1) is 5.92 Å². The predicted molar refractivity (Wildman–Crippen MR) is 77.1 cm³/mol. The lowest BCUT2D eigenvalue weighted by molar-refractivity contribution is -0.671. The molecule has 5 heteroatoms. The maximum atomic E-state index is 4.52. The van der Waals surface area contributed by atoms with Gasteiger partial charge in [0, 0.05) is 19.2 Å². The number of anilines is 1. The second-order valence-corrected chi connectivity index (χ2v) is 5.89. The molecule has 0 spiro atoms. The summed E-state index contributed by atoms with van der Waals surface area (Å²) in [5, 5.41) is 0. The quantitative estimate of drug-likeness (QED) is 0.788. The van der Waals surface area contributed by atoms with E-state index in [4.69, 9.17) is 0 Å². The van der Waals surface area contributed by atoms with Crippen LogP contribution in [-0.4, -0.2) is 21.8 Å². The van der Waals surface area contributed by atoms with Crippen LogP contribution < -0.4 is 9.47 Å². The van der Waals surface area contributed by atoms with Crippen molar-refractivity contribution < 1.29 is 4.57 Å². The average Bonchev–Trinajstić information content (AvgIpc) is 2.89. The first kappa shape index (κ1) is 12.5. The van der Waals surface area contributed by atoms with Crippen LogP contribution in [0.1, 0.15) is 19.8 Å². The highest BCUT2D eigenvalue weighted by atomic mass is 32.1. The van der Waals surface area contributed by atoms with Gasteiger partial charge < -0.3 is 4.90 Å². The summed E-state index contributed by atoms with van der Waals surface area (Å²) in [6.07, 6.45) is 6.64. The number of hydrogen-bond donors (Lipinski definition) is 0. The molecule has 3 heterocycles. The van der Waals surface area contributed by atoms with Gasteiger partial charge in [-0.25, -0.2) is 4.57 Å². The Morgan fingerprint density at radius 1 is 1.32 bits per heavy atom. The van der Waals surface area contributed by atoms with Gasteiger partial charge in [-0.15, -0.1) is 0 Å². The first-order chi connectivity index (χ1) is 9.24. The van der Waals surface area contributed by atoms with Crippen molar-refractivity contribution in [1.82, 2.24) is 8.75 Å². The third-order valence-corrected chi connectivity index (χ3v) is 4.29. The molecule has 1 saturated heterocycles. The first-order valence-electron chi connectivity index (χ1n) is 6.77. The lowest BCUT2D eigenvalue weighted by Crippen LogP contribution is -2.33. The second kappa shape index (κ2) is 5.25. The zero-order valence-electron chi connectivity index (χ0n) is 11.4. The molecule has 0 saturated carbocycles. The summed E-state index contributed by atoms with van der Waals surface area (Å²) in [5.41, 5.74) is 2.17. The van der Waals surface area contributed by atoms with Gasteiger partial charge in [0.15, 0.2) is 18.2 Å². The molecule has 0 aromatic carbocycles. The number of aromatic nitrogens is 3. The fourth-order valence-corrected chi connectivity index (χ4v) is 3.11. The van der Waals surface area contributed by atoms with E-state index in [2.05, 4.69) is 43.5 Å². The van der Waals surface area contributed by atoms with Crippen LogP contribution in [0.2, 0.25) is 0 Å². The molecule has 1 aliphatic heterocycles. The molecule has 0 atom stereocenters. The largest absolute Gasteiger partial charge is 0.354 e. The van der Waals surface area contributed by atoms with Crippen molar-refractivity contribution in [3.05, 3.63) is 24.5 Å². The van der Waals surface area contributed by atoms with Crippen LogP contribution in [0.4, 0.5) is 5.82 Å². The van der Waals surface area contributed by atoms with E-state index in [9.17, 15) is 0 Å². The van der Waals surface area contributed by atoms with E-state index in [1.54, 1.807) is 0 Å². The Labute approximate surface area is 118 Å². The smallest absolute Gasteiger partial charge is 0.178 e. The standard InChI is InChI=1S/C14H19N4S/c1-11-5-8-18(9-6-11)14-13(15-19-16-14)12-4-3-7-17(2)10-12/h3-4,7,10-11H,5-6,8-9H2,1-2H3/q+1. The lowest BCUT2D eigenvalue weighted by atomic mass is 9.99. The molecule has 2 aromatic rings. The highest BCUT2D eigenvalue weighted by Crippen LogP contribution is 2.30. The van der Waals surface area contributed by atoms with Gasteiger partial charge in [-0.1, -0.05) is 6.92 Å². The SMILES string of the molecule is CC1CCN(c2nsnc2-c2ccc[n+](C)c2)CC1. The van der Waals surface area contributed by atoms with Gasteiger partial charge in [-0.2, -0.15) is 8.75 Å². The molecule has 0 radical (unpaired) electrons. The van der Waals surface area contributed by atoms with E-state index in [0.29, 0.717) is 0 Å². The van der Waals surface area contributed by atoms with Crippen LogP contribution in [0.5, 0.6) is 0 Å². The van der Waals surface area contributed by atoms with Crippen molar-refractivity contribution in [2.75, 3.05) is 18.0 Å². The number of nitrogens with zero attached hydrogens (tertiary/aromatic N) is 4. The monoisotopic (exact) mass is 275 g/mol. The highest BCUT2D eigenvalue weighted by molar-refractivity contribution is 6.99. The van der Waals surface area contributed by atoms with Crippen molar-refractivity contribution in [3.63, 3.8) is 0 Å². The number of hydrogen-bond acceptors (Lipinski definition) is 4. The summed E-state index contributed by atoms with van der Waals surface area (Å²) < 4.78 is 11.1. The predicted octanol–water partition coefficient (Wildman–Crippen LogP) is 2.27. The van der Waals surface area contributed by atoms with Gasteiger partial charge in [0.25, 0.3) is 0 Å². The zero-order valence-corrected chi connectivity index (χ0v) is 12.2. The van der Waals surface area contributed by atoms with Crippen molar-refractivity contribution in [3.8, 4) is 11.3 Å². The van der Waals surface area contributed by atoms with Gasteiger partial charge in [0.05, 0.1) is 17.3 Å². The highest BCUT2D eigenvalue weighted by Gasteiger charge is 2.22. The van der Waals surface area contributed by atoms with E-state index < -0.39 is 0 Å². The van der Waals surface area contributed by atoms with Crippen LogP contribution >= 0.6 is 11.7 Å². The van der Waals surface area contributed by atoms with Gasteiger partial charge >= 0.3 is 0 Å². The normalized spacial score (nSPS) is 16.8. The Balaban J connectivity index is 1.90. The van der Waals surface area contributed by atoms with E-state index in [-0.39, 0.29) is 0 Å². The minimum absolute atomic E-state index is 0.834. The lowest BCUT2D eigenvalue weighted by Gasteiger charge is -2.30. The topological polar surface area (TPSA) is 32.9 Å². The number of piperidine rings is 1. The van der Waals surface area contributed by atoms with E-state index >= 15 is 0 Å². The average molecular weight is 275 g/mol. The molecule has 1 fully saturated rings. The Bertz CT molecular complexity index is 558. The summed E-state index contributed by atoms with van der Waals surface area (Å²) in [6.45, 7) is 4.52. The van der Waals surface area contributed by atoms with Gasteiger partial charge in [0.2, 0.25) is 0 Å². The molecule has 0 aliphatic carbocycles. The Morgan fingerprint density at radius 3 is 2.84 bits per heavy atom. The summed E-state index contributed by atoms with van der Waals surface area (Å²) >= 11 is 1.31. The van der Waals surface area contributed by atoms with Crippen molar-refractivity contribution in [1.29, 1.82) is 0 Å². The minimum Gasteiger partial charge on any atom is -0.354 e. The van der Waals surface area contributed by atoms with Crippen molar-refractivity contribution >= 4 is 17.5 Å². The summed E-state index contributed by atoms with van der Waals surface area (Å²) in [4.78, 5) is 2.38. The van der Waals surface area contributed by atoms with Gasteiger partial charge in [-0.3, -0.25) is 0 Å². The Hall–Kier alpha value is -1.49. The van der Waals surface area contributed by atoms with E-state index in [0.717, 1.165) is 36.1 Å². The molecule has 19 heavy (non-hydrogen) atoms. The molecular weight excluding hydrogens is 256 g/mol. The molecule has 0 unspecified atom stereocenters. The Kier molecular flexibility index (Phi) is 3.46. The molecule has 0 N–H and O–H groups in total. The summed E-state index contributed by atoms with van der Waals surface area (Å²) in [5.74, 6) is 1.89. The molecule has 0 amide bonds. The van der Waals surface area contributed by atoms with Crippen LogP contribution in [-0.2, 0) is 7.05 Å².